The number of nitrogens with zero attached hydrogens (tertiary/aromatic N) is 5. The average Bonchev–Trinajstić information content (AvgIpc) is 3.43. The van der Waals surface area contributed by atoms with Gasteiger partial charge in [0.15, 0.2) is 16.8 Å². The Morgan fingerprint density at radius 1 is 0.947 bits per heavy atom. The largest absolute Gasteiger partial charge is 0.340 e. The van der Waals surface area contributed by atoms with E-state index >= 15 is 0 Å². The molecular formula is C26H25F2N7O2S. The second-order valence-electron chi connectivity index (χ2n) is 8.68. The van der Waals surface area contributed by atoms with Gasteiger partial charge in [0.2, 0.25) is 5.91 Å². The minimum absolute atomic E-state index is 0.0635. The number of benzene rings is 2. The van der Waals surface area contributed by atoms with Crippen LogP contribution in [0.1, 0.15) is 17.5 Å². The van der Waals surface area contributed by atoms with Crippen LogP contribution in [0.2, 0.25) is 0 Å². The van der Waals surface area contributed by atoms with Crippen LogP contribution in [-0.4, -0.2) is 56.2 Å². The van der Waals surface area contributed by atoms with E-state index in [0.29, 0.717) is 60.4 Å². The minimum Gasteiger partial charge on any atom is -0.340 e. The topological polar surface area (TPSA) is 105 Å². The summed E-state index contributed by atoms with van der Waals surface area (Å²) in [5.41, 5.74) is 2.08. The lowest BCUT2D eigenvalue weighted by atomic mass is 10.2. The van der Waals surface area contributed by atoms with Gasteiger partial charge < -0.3 is 10.2 Å². The third-order valence-electron chi connectivity index (χ3n) is 6.08. The molecule has 2 aromatic carbocycles. The lowest BCUT2D eigenvalue weighted by molar-refractivity contribution is -0.131. The van der Waals surface area contributed by atoms with Gasteiger partial charge in [-0.3, -0.25) is 10.1 Å². The van der Waals surface area contributed by atoms with Gasteiger partial charge in [0.05, 0.1) is 5.69 Å². The number of nitrogens with one attached hydrogen (secondary N) is 2. The number of hydrogen-bond donors (Lipinski definition) is 2. The first kappa shape index (κ1) is 25.5. The van der Waals surface area contributed by atoms with Gasteiger partial charge in [-0.1, -0.05) is 0 Å². The fraction of sp³-hybridized carbons (Fsp3) is 0.269. The highest BCUT2D eigenvalue weighted by atomic mass is 32.1. The number of hydrogen-bond acceptors (Lipinski definition) is 6. The predicted octanol–water partition coefficient (Wildman–Crippen LogP) is 4.12. The summed E-state index contributed by atoms with van der Waals surface area (Å²) in [4.78, 5) is 37.1. The third-order valence-corrected chi connectivity index (χ3v) is 7.15. The monoisotopic (exact) mass is 537 g/mol. The van der Waals surface area contributed by atoms with Gasteiger partial charge in [-0.15, -0.1) is 16.4 Å². The molecule has 0 unspecified atom stereocenters. The van der Waals surface area contributed by atoms with Crippen LogP contribution >= 0.6 is 11.3 Å². The summed E-state index contributed by atoms with van der Waals surface area (Å²) in [7, 11) is 0. The number of anilines is 1. The van der Waals surface area contributed by atoms with Crippen molar-refractivity contribution < 1.29 is 18.4 Å². The Balaban J connectivity index is 1.33. The zero-order valence-electron chi connectivity index (χ0n) is 20.6. The van der Waals surface area contributed by atoms with E-state index in [2.05, 4.69) is 25.7 Å². The van der Waals surface area contributed by atoms with Gasteiger partial charge in [-0.05, 0) is 55.5 Å². The first-order chi connectivity index (χ1) is 18.4. The van der Waals surface area contributed by atoms with E-state index in [4.69, 9.17) is 0 Å². The van der Waals surface area contributed by atoms with E-state index in [9.17, 15) is 18.4 Å². The van der Waals surface area contributed by atoms with Crippen molar-refractivity contribution in [3.63, 3.8) is 0 Å². The molecule has 0 bridgehead atoms. The maximum absolute atomic E-state index is 13.5. The van der Waals surface area contributed by atoms with Crippen LogP contribution in [0, 0.1) is 11.6 Å². The number of carbonyl (C=O) groups excluding carboxylic acids is 2. The third kappa shape index (κ3) is 5.70. The molecule has 0 radical (unpaired) electrons. The number of rotatable bonds is 6. The molecule has 3 amide bonds. The number of amides is 3. The molecule has 0 spiro atoms. The van der Waals surface area contributed by atoms with E-state index < -0.39 is 0 Å². The molecule has 0 saturated carbocycles. The molecule has 0 fully saturated rings. The Morgan fingerprint density at radius 3 is 2.29 bits per heavy atom. The lowest BCUT2D eigenvalue weighted by Crippen LogP contribution is -2.36. The molecule has 38 heavy (non-hydrogen) atoms. The minimum atomic E-state index is -0.385. The van der Waals surface area contributed by atoms with Crippen LogP contribution in [0.15, 0.2) is 48.5 Å². The number of thiazole rings is 1. The van der Waals surface area contributed by atoms with Crippen LogP contribution in [0.25, 0.3) is 22.8 Å². The molecule has 4 aromatic rings. The van der Waals surface area contributed by atoms with Crippen LogP contribution in [0.5, 0.6) is 0 Å². The van der Waals surface area contributed by atoms with Crippen molar-refractivity contribution in [1.82, 2.24) is 30.0 Å². The van der Waals surface area contributed by atoms with Crippen molar-refractivity contribution in [1.29, 1.82) is 0 Å². The fourth-order valence-electron chi connectivity index (χ4n) is 4.18. The van der Waals surface area contributed by atoms with Crippen molar-refractivity contribution >= 4 is 28.4 Å². The predicted molar refractivity (Wildman–Crippen MR) is 140 cm³/mol. The Bertz CT molecular complexity index is 1430. The molecule has 9 nitrogen and oxygen atoms in total. The highest BCUT2D eigenvalue weighted by molar-refractivity contribution is 7.15. The molecule has 0 aliphatic carbocycles. The van der Waals surface area contributed by atoms with Crippen LogP contribution in [0.3, 0.4) is 0 Å². The number of aromatic nitrogens is 4. The maximum Gasteiger partial charge on any atom is 0.321 e. The molecule has 3 heterocycles. The quantitative estimate of drug-likeness (QED) is 0.385. The molecule has 0 saturated heterocycles. The van der Waals surface area contributed by atoms with E-state index in [1.54, 1.807) is 29.2 Å². The number of fused-ring (bicyclic) bond motifs is 1. The standard InChI is InChI=1S/C26H25F2N7O2S/c1-2-29-25(37)32-26-30-20-11-13-34(14-12-21(20)38-26)22(36)15-35-24(17-5-9-19(28)10-6-17)31-23(33-35)16-3-7-18(27)8-4-16/h3-10H,2,11-15H2,1H3,(H2,29,30,32,37). The summed E-state index contributed by atoms with van der Waals surface area (Å²) in [6.07, 6.45) is 1.19. The van der Waals surface area contributed by atoms with E-state index in [1.807, 2.05) is 6.92 Å². The van der Waals surface area contributed by atoms with Gasteiger partial charge in [-0.2, -0.15) is 0 Å². The van der Waals surface area contributed by atoms with Crippen LogP contribution in [-0.2, 0) is 24.2 Å². The number of urea groups is 1. The zero-order valence-corrected chi connectivity index (χ0v) is 21.4. The van der Waals surface area contributed by atoms with Crippen molar-refractivity contribution in [2.75, 3.05) is 25.0 Å². The second-order valence-corrected chi connectivity index (χ2v) is 9.77. The molecule has 2 aromatic heterocycles. The van der Waals surface area contributed by atoms with Gasteiger partial charge in [0, 0.05) is 48.5 Å². The fourth-order valence-corrected chi connectivity index (χ4v) is 5.17. The Kier molecular flexibility index (Phi) is 7.40. The van der Waals surface area contributed by atoms with Gasteiger partial charge >= 0.3 is 6.03 Å². The van der Waals surface area contributed by atoms with Gasteiger partial charge in [-0.25, -0.2) is 28.2 Å². The molecule has 1 aliphatic rings. The highest BCUT2D eigenvalue weighted by Gasteiger charge is 2.24. The molecular weight excluding hydrogens is 512 g/mol. The molecule has 2 N–H and O–H groups in total. The first-order valence-corrected chi connectivity index (χ1v) is 13.0. The Morgan fingerprint density at radius 2 is 1.61 bits per heavy atom. The highest BCUT2D eigenvalue weighted by Crippen LogP contribution is 2.27. The summed E-state index contributed by atoms with van der Waals surface area (Å²) in [5, 5.41) is 10.5. The van der Waals surface area contributed by atoms with Crippen molar-refractivity contribution in [3.8, 4) is 22.8 Å². The lowest BCUT2D eigenvalue weighted by Gasteiger charge is -2.20. The zero-order chi connectivity index (χ0) is 26.6. The van der Waals surface area contributed by atoms with Gasteiger partial charge in [0.25, 0.3) is 0 Å². The molecule has 0 atom stereocenters. The van der Waals surface area contributed by atoms with Crippen molar-refractivity contribution in [2.24, 2.45) is 0 Å². The van der Waals surface area contributed by atoms with Crippen LogP contribution in [0.4, 0.5) is 18.7 Å². The van der Waals surface area contributed by atoms with E-state index in [0.717, 1.165) is 10.6 Å². The number of halogens is 2. The molecule has 196 valence electrons. The summed E-state index contributed by atoms with van der Waals surface area (Å²) in [5.74, 6) is -0.149. The summed E-state index contributed by atoms with van der Waals surface area (Å²) < 4.78 is 28.5. The molecule has 1 aliphatic heterocycles. The van der Waals surface area contributed by atoms with E-state index in [1.165, 1.54) is 40.3 Å². The van der Waals surface area contributed by atoms with E-state index in [-0.39, 0.29) is 30.1 Å². The smallest absolute Gasteiger partial charge is 0.321 e. The Labute approximate surface area is 221 Å². The first-order valence-electron chi connectivity index (χ1n) is 12.2. The Hall–Kier alpha value is -4.19. The van der Waals surface area contributed by atoms with Gasteiger partial charge in [0.1, 0.15) is 18.2 Å². The van der Waals surface area contributed by atoms with Crippen molar-refractivity contribution in [3.05, 3.63) is 70.7 Å². The normalized spacial score (nSPS) is 13.1. The maximum atomic E-state index is 13.5. The second kappa shape index (κ2) is 11.1. The SMILES string of the molecule is CCNC(=O)Nc1nc2c(s1)CCN(C(=O)Cn1nc(-c3ccc(F)cc3)nc1-c1ccc(F)cc1)CC2. The summed E-state index contributed by atoms with van der Waals surface area (Å²) in [6, 6.07) is 11.3. The van der Waals surface area contributed by atoms with Crippen molar-refractivity contribution in [2.45, 2.75) is 26.3 Å². The average molecular weight is 538 g/mol. The summed E-state index contributed by atoms with van der Waals surface area (Å²) in [6.45, 7) is 3.27. The molecule has 5 rings (SSSR count). The molecule has 12 heteroatoms. The number of carbonyl (C=O) groups is 2. The summed E-state index contributed by atoms with van der Waals surface area (Å²) >= 11 is 1.42. The van der Waals surface area contributed by atoms with Crippen LogP contribution < -0.4 is 10.6 Å².